The number of carbonyl (C=O) groups is 1. The Labute approximate surface area is 169 Å². The number of aromatic nitrogens is 1. The van der Waals surface area contributed by atoms with E-state index in [0.717, 1.165) is 22.6 Å². The van der Waals surface area contributed by atoms with Crippen LogP contribution < -0.4 is 15.4 Å². The number of rotatable bonds is 6. The SMILES string of the molecule is CCOc1ccc(Nc2ncccc2C(=O)NC2Cc3cccc(O)c3C2)cc1. The van der Waals surface area contributed by atoms with Crippen molar-refractivity contribution in [3.05, 3.63) is 77.5 Å². The summed E-state index contributed by atoms with van der Waals surface area (Å²) in [4.78, 5) is 17.3. The second-order valence-electron chi connectivity index (χ2n) is 6.98. The largest absolute Gasteiger partial charge is 0.508 e. The normalized spacial score (nSPS) is 14.9. The molecule has 4 rings (SSSR count). The van der Waals surface area contributed by atoms with Gasteiger partial charge in [-0.2, -0.15) is 0 Å². The van der Waals surface area contributed by atoms with Gasteiger partial charge in [-0.1, -0.05) is 12.1 Å². The van der Waals surface area contributed by atoms with Crippen LogP contribution >= 0.6 is 0 Å². The number of anilines is 2. The highest BCUT2D eigenvalue weighted by atomic mass is 16.5. The van der Waals surface area contributed by atoms with Gasteiger partial charge in [0.2, 0.25) is 0 Å². The van der Waals surface area contributed by atoms with Crippen LogP contribution in [0.1, 0.15) is 28.4 Å². The maximum absolute atomic E-state index is 12.9. The predicted molar refractivity (Wildman–Crippen MR) is 112 cm³/mol. The van der Waals surface area contributed by atoms with Crippen molar-refractivity contribution in [3.63, 3.8) is 0 Å². The van der Waals surface area contributed by atoms with Crippen molar-refractivity contribution in [1.29, 1.82) is 0 Å². The molecule has 3 N–H and O–H groups in total. The van der Waals surface area contributed by atoms with Crippen molar-refractivity contribution < 1.29 is 14.6 Å². The zero-order valence-electron chi connectivity index (χ0n) is 16.2. The first kappa shape index (κ1) is 18.8. The first-order chi connectivity index (χ1) is 14.1. The lowest BCUT2D eigenvalue weighted by Crippen LogP contribution is -2.35. The van der Waals surface area contributed by atoms with Gasteiger partial charge in [-0.3, -0.25) is 4.79 Å². The van der Waals surface area contributed by atoms with Crippen LogP contribution in [0.25, 0.3) is 0 Å². The van der Waals surface area contributed by atoms with Crippen LogP contribution in [0.15, 0.2) is 60.8 Å². The Hall–Kier alpha value is -3.54. The van der Waals surface area contributed by atoms with E-state index in [4.69, 9.17) is 4.74 Å². The van der Waals surface area contributed by atoms with Gasteiger partial charge < -0.3 is 20.5 Å². The van der Waals surface area contributed by atoms with Gasteiger partial charge in [0.1, 0.15) is 17.3 Å². The van der Waals surface area contributed by atoms with E-state index in [1.807, 2.05) is 43.3 Å². The molecule has 1 amide bonds. The summed E-state index contributed by atoms with van der Waals surface area (Å²) in [7, 11) is 0. The molecule has 1 aromatic heterocycles. The molecule has 2 aromatic carbocycles. The number of benzene rings is 2. The van der Waals surface area contributed by atoms with E-state index in [1.54, 1.807) is 24.4 Å². The molecular weight excluding hydrogens is 366 g/mol. The van der Waals surface area contributed by atoms with Crippen LogP contribution in [0.3, 0.4) is 0 Å². The summed E-state index contributed by atoms with van der Waals surface area (Å²) >= 11 is 0. The molecule has 0 bridgehead atoms. The van der Waals surface area contributed by atoms with Crippen LogP contribution in [0.4, 0.5) is 11.5 Å². The Balaban J connectivity index is 1.46. The molecule has 1 heterocycles. The minimum Gasteiger partial charge on any atom is -0.508 e. The van der Waals surface area contributed by atoms with Gasteiger partial charge >= 0.3 is 0 Å². The number of hydrogen-bond acceptors (Lipinski definition) is 5. The first-order valence-electron chi connectivity index (χ1n) is 9.69. The lowest BCUT2D eigenvalue weighted by molar-refractivity contribution is 0.0939. The van der Waals surface area contributed by atoms with Crippen LogP contribution in [0.5, 0.6) is 11.5 Å². The second-order valence-corrected chi connectivity index (χ2v) is 6.98. The van der Waals surface area contributed by atoms with Crippen LogP contribution in [0, 0.1) is 0 Å². The molecule has 0 fully saturated rings. The van der Waals surface area contributed by atoms with E-state index in [-0.39, 0.29) is 11.9 Å². The molecule has 1 atom stereocenters. The van der Waals surface area contributed by atoms with Gasteiger partial charge in [-0.05, 0) is 73.4 Å². The third-order valence-electron chi connectivity index (χ3n) is 4.98. The average molecular weight is 389 g/mol. The number of aromatic hydroxyl groups is 1. The van der Waals surface area contributed by atoms with Crippen LogP contribution in [0.2, 0.25) is 0 Å². The zero-order chi connectivity index (χ0) is 20.2. The summed E-state index contributed by atoms with van der Waals surface area (Å²) in [6, 6.07) is 16.5. The van der Waals surface area contributed by atoms with Gasteiger partial charge in [0, 0.05) is 17.9 Å². The molecule has 1 unspecified atom stereocenters. The summed E-state index contributed by atoms with van der Waals surface area (Å²) in [5, 5.41) is 16.3. The summed E-state index contributed by atoms with van der Waals surface area (Å²) in [6.45, 7) is 2.55. The Morgan fingerprint density at radius 2 is 1.97 bits per heavy atom. The number of phenolic OH excluding ortho intramolecular Hbond substituents is 1. The smallest absolute Gasteiger partial charge is 0.255 e. The second kappa shape index (κ2) is 8.22. The quantitative estimate of drug-likeness (QED) is 0.597. The van der Waals surface area contributed by atoms with Crippen molar-refractivity contribution in [3.8, 4) is 11.5 Å². The molecule has 1 aliphatic carbocycles. The number of carbonyl (C=O) groups excluding carboxylic acids is 1. The number of amides is 1. The summed E-state index contributed by atoms with van der Waals surface area (Å²) in [6.07, 6.45) is 2.98. The standard InChI is InChI=1S/C23H23N3O3/c1-2-29-18-10-8-16(9-11-18)25-22-19(6-4-12-24-22)23(28)26-17-13-15-5-3-7-21(27)20(15)14-17/h3-12,17,27H,2,13-14H2,1H3,(H,24,25)(H,26,28). The average Bonchev–Trinajstić information content (AvgIpc) is 3.14. The Bertz CT molecular complexity index is 1020. The van der Waals surface area contributed by atoms with Gasteiger partial charge in [0.05, 0.1) is 12.2 Å². The lowest BCUT2D eigenvalue weighted by Gasteiger charge is -2.15. The Morgan fingerprint density at radius 1 is 1.14 bits per heavy atom. The topological polar surface area (TPSA) is 83.5 Å². The molecule has 0 aliphatic heterocycles. The minimum absolute atomic E-state index is 0.0515. The van der Waals surface area contributed by atoms with E-state index < -0.39 is 0 Å². The number of fused-ring (bicyclic) bond motifs is 1. The molecule has 6 nitrogen and oxygen atoms in total. The number of nitrogens with one attached hydrogen (secondary N) is 2. The Morgan fingerprint density at radius 3 is 2.72 bits per heavy atom. The first-order valence-corrected chi connectivity index (χ1v) is 9.69. The van der Waals surface area contributed by atoms with Gasteiger partial charge in [-0.25, -0.2) is 4.98 Å². The number of pyridine rings is 1. The fraction of sp³-hybridized carbons (Fsp3) is 0.217. The van der Waals surface area contributed by atoms with Crippen molar-refractivity contribution in [2.45, 2.75) is 25.8 Å². The molecule has 0 saturated carbocycles. The van der Waals surface area contributed by atoms with E-state index >= 15 is 0 Å². The minimum atomic E-state index is -0.191. The molecule has 3 aromatic rings. The van der Waals surface area contributed by atoms with Gasteiger partial charge in [0.15, 0.2) is 0 Å². The third kappa shape index (κ3) is 4.16. The molecule has 148 valence electrons. The maximum atomic E-state index is 12.9. The van der Waals surface area contributed by atoms with Crippen molar-refractivity contribution >= 4 is 17.4 Å². The monoisotopic (exact) mass is 389 g/mol. The number of hydrogen-bond donors (Lipinski definition) is 3. The predicted octanol–water partition coefficient (Wildman–Crippen LogP) is 3.83. The number of ether oxygens (including phenoxy) is 1. The van der Waals surface area contributed by atoms with Gasteiger partial charge in [-0.15, -0.1) is 0 Å². The Kier molecular flexibility index (Phi) is 5.33. The molecule has 1 aliphatic rings. The zero-order valence-corrected chi connectivity index (χ0v) is 16.2. The molecule has 6 heteroatoms. The number of phenols is 1. The van der Waals surface area contributed by atoms with E-state index in [1.165, 1.54) is 0 Å². The summed E-state index contributed by atoms with van der Waals surface area (Å²) < 4.78 is 5.46. The van der Waals surface area contributed by atoms with Crippen LogP contribution in [-0.2, 0) is 12.8 Å². The summed E-state index contributed by atoms with van der Waals surface area (Å²) in [5.41, 5.74) is 3.28. The highest BCUT2D eigenvalue weighted by Crippen LogP contribution is 2.30. The van der Waals surface area contributed by atoms with E-state index in [0.29, 0.717) is 36.6 Å². The maximum Gasteiger partial charge on any atom is 0.255 e. The fourth-order valence-electron chi connectivity index (χ4n) is 3.62. The molecule has 0 spiro atoms. The fourth-order valence-corrected chi connectivity index (χ4v) is 3.62. The molecule has 0 radical (unpaired) electrons. The molecule has 0 saturated heterocycles. The van der Waals surface area contributed by atoms with Crippen LogP contribution in [-0.4, -0.2) is 28.6 Å². The van der Waals surface area contributed by atoms with Crippen molar-refractivity contribution in [2.75, 3.05) is 11.9 Å². The lowest BCUT2D eigenvalue weighted by atomic mass is 10.1. The van der Waals surface area contributed by atoms with Gasteiger partial charge in [0.25, 0.3) is 5.91 Å². The molecular formula is C23H23N3O3. The van der Waals surface area contributed by atoms with E-state index in [9.17, 15) is 9.90 Å². The number of nitrogens with zero attached hydrogens (tertiary/aromatic N) is 1. The highest BCUT2D eigenvalue weighted by molar-refractivity contribution is 5.99. The highest BCUT2D eigenvalue weighted by Gasteiger charge is 2.26. The van der Waals surface area contributed by atoms with Crippen molar-refractivity contribution in [1.82, 2.24) is 10.3 Å². The van der Waals surface area contributed by atoms with Crippen molar-refractivity contribution in [2.24, 2.45) is 0 Å². The third-order valence-corrected chi connectivity index (χ3v) is 4.98. The molecule has 29 heavy (non-hydrogen) atoms. The summed E-state index contributed by atoms with van der Waals surface area (Å²) in [5.74, 6) is 1.39. The van der Waals surface area contributed by atoms with E-state index in [2.05, 4.69) is 15.6 Å².